The van der Waals surface area contributed by atoms with Crippen LogP contribution in [0, 0.1) is 16.0 Å². The number of nitro groups is 1. The summed E-state index contributed by atoms with van der Waals surface area (Å²) in [6.45, 7) is 1.89. The minimum absolute atomic E-state index is 0.0524. The van der Waals surface area contributed by atoms with Crippen LogP contribution in [-0.4, -0.2) is 58.7 Å². The number of fused-ring (bicyclic) bond motifs is 1. The Kier molecular flexibility index (Phi) is 6.67. The molecule has 0 aromatic heterocycles. The first-order chi connectivity index (χ1) is 15.9. The number of likely N-dealkylation sites (tertiary alicyclic amines) is 1. The molecule has 0 atom stereocenters. The maximum atomic E-state index is 12.5. The third-order valence-corrected chi connectivity index (χ3v) is 6.27. The van der Waals surface area contributed by atoms with E-state index in [1.54, 1.807) is 0 Å². The zero-order valence-corrected chi connectivity index (χ0v) is 18.2. The predicted molar refractivity (Wildman–Crippen MR) is 121 cm³/mol. The van der Waals surface area contributed by atoms with E-state index in [4.69, 9.17) is 0 Å². The molecule has 0 aliphatic carbocycles. The van der Waals surface area contributed by atoms with Crippen molar-refractivity contribution < 1.29 is 19.3 Å². The van der Waals surface area contributed by atoms with Crippen LogP contribution in [0.1, 0.15) is 45.5 Å². The number of nitrogens with zero attached hydrogens (tertiary/aromatic N) is 3. The Hall–Kier alpha value is -3.75. The fourth-order valence-corrected chi connectivity index (χ4v) is 4.43. The number of non-ortho nitro benzene ring substituents is 1. The molecule has 0 saturated carbocycles. The molecular formula is C24H26N4O5. The highest BCUT2D eigenvalue weighted by Crippen LogP contribution is 2.27. The molecular weight excluding hydrogens is 424 g/mol. The maximum absolute atomic E-state index is 12.5. The number of amides is 4. The first kappa shape index (κ1) is 22.4. The van der Waals surface area contributed by atoms with Crippen molar-refractivity contribution in [1.82, 2.24) is 15.1 Å². The van der Waals surface area contributed by atoms with Crippen molar-refractivity contribution in [2.75, 3.05) is 26.2 Å². The molecule has 2 aliphatic rings. The van der Waals surface area contributed by atoms with Crippen molar-refractivity contribution >= 4 is 23.5 Å². The average molecular weight is 450 g/mol. The van der Waals surface area contributed by atoms with Gasteiger partial charge in [-0.05, 0) is 43.2 Å². The molecule has 2 aromatic carbocycles. The van der Waals surface area contributed by atoms with Gasteiger partial charge in [0.2, 0.25) is 0 Å². The van der Waals surface area contributed by atoms with Gasteiger partial charge >= 0.3 is 6.03 Å². The lowest BCUT2D eigenvalue weighted by atomic mass is 9.90. The number of urea groups is 1. The summed E-state index contributed by atoms with van der Waals surface area (Å²) >= 11 is 0. The van der Waals surface area contributed by atoms with Gasteiger partial charge in [-0.15, -0.1) is 0 Å². The molecule has 2 heterocycles. The van der Waals surface area contributed by atoms with E-state index in [2.05, 4.69) is 17.4 Å². The molecule has 4 amide bonds. The van der Waals surface area contributed by atoms with Crippen LogP contribution in [0.3, 0.4) is 0 Å². The van der Waals surface area contributed by atoms with E-state index >= 15 is 0 Å². The van der Waals surface area contributed by atoms with Gasteiger partial charge in [-0.25, -0.2) is 4.79 Å². The molecule has 33 heavy (non-hydrogen) atoms. The van der Waals surface area contributed by atoms with Crippen molar-refractivity contribution in [3.63, 3.8) is 0 Å². The molecule has 172 valence electrons. The van der Waals surface area contributed by atoms with Crippen molar-refractivity contribution in [1.29, 1.82) is 0 Å². The van der Waals surface area contributed by atoms with E-state index in [-0.39, 0.29) is 29.4 Å². The van der Waals surface area contributed by atoms with E-state index in [0.29, 0.717) is 32.0 Å². The van der Waals surface area contributed by atoms with Gasteiger partial charge in [-0.2, -0.15) is 0 Å². The Morgan fingerprint density at radius 3 is 2.42 bits per heavy atom. The minimum atomic E-state index is -0.597. The van der Waals surface area contributed by atoms with Gasteiger partial charge < -0.3 is 10.2 Å². The van der Waals surface area contributed by atoms with Crippen molar-refractivity contribution in [2.45, 2.75) is 25.7 Å². The number of nitro benzene ring substituents is 1. The standard InChI is InChI=1S/C24H26N4O5/c29-22-20-8-7-19(28(32)33)16-21(20)23(30)27(22)12-4-11-25-24(31)26-13-9-18(10-14-26)15-17-5-2-1-3-6-17/h1-3,5-8,16,18H,4,9-15H2,(H,25,31). The number of benzene rings is 2. The lowest BCUT2D eigenvalue weighted by Gasteiger charge is -2.32. The van der Waals surface area contributed by atoms with Crippen LogP contribution in [0.25, 0.3) is 0 Å². The summed E-state index contributed by atoms with van der Waals surface area (Å²) in [7, 11) is 0. The van der Waals surface area contributed by atoms with E-state index in [0.717, 1.165) is 30.2 Å². The zero-order chi connectivity index (χ0) is 23.4. The smallest absolute Gasteiger partial charge is 0.317 e. The first-order valence-corrected chi connectivity index (χ1v) is 11.2. The lowest BCUT2D eigenvalue weighted by Crippen LogP contribution is -2.45. The predicted octanol–water partition coefficient (Wildman–Crippen LogP) is 3.25. The molecule has 0 spiro atoms. The second kappa shape index (κ2) is 9.81. The fourth-order valence-electron chi connectivity index (χ4n) is 4.43. The highest BCUT2D eigenvalue weighted by Gasteiger charge is 2.36. The van der Waals surface area contributed by atoms with Crippen LogP contribution in [0.2, 0.25) is 0 Å². The zero-order valence-electron chi connectivity index (χ0n) is 18.2. The number of hydrogen-bond donors (Lipinski definition) is 1. The Balaban J connectivity index is 1.19. The molecule has 0 radical (unpaired) electrons. The lowest BCUT2D eigenvalue weighted by molar-refractivity contribution is -0.384. The summed E-state index contributed by atoms with van der Waals surface area (Å²) in [4.78, 5) is 50.7. The van der Waals surface area contributed by atoms with Crippen LogP contribution < -0.4 is 5.32 Å². The summed E-state index contributed by atoms with van der Waals surface area (Å²) in [6, 6.07) is 13.9. The van der Waals surface area contributed by atoms with Crippen LogP contribution in [0.4, 0.5) is 10.5 Å². The largest absolute Gasteiger partial charge is 0.338 e. The Bertz CT molecular complexity index is 1060. The normalized spacial score (nSPS) is 16.1. The number of hydrogen-bond acceptors (Lipinski definition) is 5. The fraction of sp³-hybridized carbons (Fsp3) is 0.375. The Morgan fingerprint density at radius 2 is 1.73 bits per heavy atom. The number of rotatable bonds is 7. The van der Waals surface area contributed by atoms with Gasteiger partial charge in [0.1, 0.15) is 0 Å². The summed E-state index contributed by atoms with van der Waals surface area (Å²) in [5, 5.41) is 13.8. The first-order valence-electron chi connectivity index (χ1n) is 11.2. The van der Waals surface area contributed by atoms with E-state index in [1.165, 1.54) is 17.7 Å². The van der Waals surface area contributed by atoms with Gasteiger partial charge in [0, 0.05) is 38.3 Å². The Morgan fingerprint density at radius 1 is 1.03 bits per heavy atom. The topological polar surface area (TPSA) is 113 Å². The highest BCUT2D eigenvalue weighted by atomic mass is 16.6. The Labute approximate surface area is 191 Å². The van der Waals surface area contributed by atoms with E-state index < -0.39 is 16.7 Å². The number of carbonyl (C=O) groups is 3. The summed E-state index contributed by atoms with van der Waals surface area (Å²) in [6.07, 6.45) is 3.36. The van der Waals surface area contributed by atoms with Gasteiger partial charge in [0.25, 0.3) is 17.5 Å². The number of piperidine rings is 1. The number of nitrogens with one attached hydrogen (secondary N) is 1. The summed E-state index contributed by atoms with van der Waals surface area (Å²) < 4.78 is 0. The molecule has 1 N–H and O–H groups in total. The van der Waals surface area contributed by atoms with Gasteiger partial charge in [0.05, 0.1) is 16.1 Å². The SMILES string of the molecule is O=C(NCCCN1C(=O)c2ccc([N+](=O)[O-])cc2C1=O)N1CCC(Cc2ccccc2)CC1. The monoisotopic (exact) mass is 450 g/mol. The van der Waals surface area contributed by atoms with Crippen molar-refractivity contribution in [3.05, 3.63) is 75.3 Å². The molecule has 4 rings (SSSR count). The van der Waals surface area contributed by atoms with Gasteiger partial charge in [-0.1, -0.05) is 30.3 Å². The van der Waals surface area contributed by atoms with Crippen LogP contribution in [-0.2, 0) is 6.42 Å². The van der Waals surface area contributed by atoms with Crippen LogP contribution in [0.15, 0.2) is 48.5 Å². The summed E-state index contributed by atoms with van der Waals surface area (Å²) in [5.41, 5.74) is 1.32. The third-order valence-electron chi connectivity index (χ3n) is 6.27. The second-order valence-corrected chi connectivity index (χ2v) is 8.45. The molecule has 0 unspecified atom stereocenters. The molecule has 9 nitrogen and oxygen atoms in total. The van der Waals surface area contributed by atoms with Gasteiger partial charge in [-0.3, -0.25) is 24.6 Å². The number of imide groups is 1. The summed E-state index contributed by atoms with van der Waals surface area (Å²) in [5.74, 6) is -0.427. The van der Waals surface area contributed by atoms with Crippen molar-refractivity contribution in [2.24, 2.45) is 5.92 Å². The molecule has 9 heteroatoms. The maximum Gasteiger partial charge on any atom is 0.317 e. The third kappa shape index (κ3) is 5.02. The quantitative estimate of drug-likeness (QED) is 0.301. The number of carbonyl (C=O) groups excluding carboxylic acids is 3. The highest BCUT2D eigenvalue weighted by molar-refractivity contribution is 6.21. The average Bonchev–Trinajstić information content (AvgIpc) is 3.07. The molecule has 1 fully saturated rings. The van der Waals surface area contributed by atoms with Crippen LogP contribution in [0.5, 0.6) is 0 Å². The van der Waals surface area contributed by atoms with E-state index in [9.17, 15) is 24.5 Å². The molecule has 2 aliphatic heterocycles. The second-order valence-electron chi connectivity index (χ2n) is 8.45. The molecule has 2 aromatic rings. The van der Waals surface area contributed by atoms with E-state index in [1.807, 2.05) is 23.1 Å². The molecule has 0 bridgehead atoms. The minimum Gasteiger partial charge on any atom is -0.338 e. The van der Waals surface area contributed by atoms with Crippen LogP contribution >= 0.6 is 0 Å². The molecule has 1 saturated heterocycles. The van der Waals surface area contributed by atoms with Crippen molar-refractivity contribution in [3.8, 4) is 0 Å². The van der Waals surface area contributed by atoms with Gasteiger partial charge in [0.15, 0.2) is 0 Å².